The average Bonchev–Trinajstić information content (AvgIpc) is 2.17. The van der Waals surface area contributed by atoms with E-state index in [-0.39, 0.29) is 25.0 Å². The zero-order valence-corrected chi connectivity index (χ0v) is 10.5. The number of hydrogen-bond donors (Lipinski definition) is 2. The van der Waals surface area contributed by atoms with E-state index < -0.39 is 5.97 Å². The van der Waals surface area contributed by atoms with Gasteiger partial charge in [-0.15, -0.1) is 0 Å². The molecule has 5 nitrogen and oxygen atoms in total. The molecule has 0 aliphatic heterocycles. The highest BCUT2D eigenvalue weighted by molar-refractivity contribution is 5.75. The minimum atomic E-state index is -0.903. The van der Waals surface area contributed by atoms with E-state index in [0.29, 0.717) is 12.5 Å². The van der Waals surface area contributed by atoms with Gasteiger partial charge in [0.25, 0.3) is 0 Å². The van der Waals surface area contributed by atoms with Crippen LogP contribution in [0.1, 0.15) is 34.1 Å². The van der Waals surface area contributed by atoms with Crippen LogP contribution in [0.2, 0.25) is 0 Å². The second-order valence-electron chi connectivity index (χ2n) is 4.15. The summed E-state index contributed by atoms with van der Waals surface area (Å²) in [6.07, 6.45) is -0.0423. The molecule has 16 heavy (non-hydrogen) atoms. The number of carbonyl (C=O) groups excluding carboxylic acids is 1. The number of rotatable bonds is 6. The summed E-state index contributed by atoms with van der Waals surface area (Å²) in [5.74, 6) is -0.523. The number of urea groups is 1. The van der Waals surface area contributed by atoms with Crippen LogP contribution in [0.5, 0.6) is 0 Å². The molecule has 0 spiro atoms. The molecule has 0 aromatic carbocycles. The lowest BCUT2D eigenvalue weighted by atomic mass is 10.1. The highest BCUT2D eigenvalue weighted by atomic mass is 16.4. The number of amides is 2. The Bertz CT molecular complexity index is 241. The van der Waals surface area contributed by atoms with Gasteiger partial charge in [0, 0.05) is 19.1 Å². The SMILES string of the molecule is CCN(C(=O)NCCC(=O)O)C(C)C(C)C. The predicted octanol–water partition coefficient (Wildman–Crippen LogP) is 1.54. The molecule has 0 aromatic heterocycles. The smallest absolute Gasteiger partial charge is 0.317 e. The van der Waals surface area contributed by atoms with Crippen LogP contribution in [0.4, 0.5) is 4.79 Å². The van der Waals surface area contributed by atoms with E-state index >= 15 is 0 Å². The van der Waals surface area contributed by atoms with Crippen molar-refractivity contribution in [3.63, 3.8) is 0 Å². The molecule has 2 amide bonds. The van der Waals surface area contributed by atoms with Crippen LogP contribution in [-0.2, 0) is 4.79 Å². The Kier molecular flexibility index (Phi) is 6.53. The number of nitrogens with one attached hydrogen (secondary N) is 1. The van der Waals surface area contributed by atoms with Crippen molar-refractivity contribution < 1.29 is 14.7 Å². The molecule has 0 radical (unpaired) electrons. The summed E-state index contributed by atoms with van der Waals surface area (Å²) >= 11 is 0. The summed E-state index contributed by atoms with van der Waals surface area (Å²) < 4.78 is 0. The third-order valence-corrected chi connectivity index (χ3v) is 2.67. The van der Waals surface area contributed by atoms with Gasteiger partial charge in [0.05, 0.1) is 6.42 Å². The Balaban J connectivity index is 4.16. The fourth-order valence-corrected chi connectivity index (χ4v) is 1.35. The first-order chi connectivity index (χ1) is 7.40. The van der Waals surface area contributed by atoms with Gasteiger partial charge in [-0.2, -0.15) is 0 Å². The quantitative estimate of drug-likeness (QED) is 0.727. The molecule has 0 heterocycles. The Morgan fingerprint density at radius 3 is 2.25 bits per heavy atom. The van der Waals surface area contributed by atoms with Gasteiger partial charge in [-0.1, -0.05) is 13.8 Å². The Morgan fingerprint density at radius 2 is 1.88 bits per heavy atom. The van der Waals surface area contributed by atoms with Gasteiger partial charge in [-0.25, -0.2) is 4.79 Å². The monoisotopic (exact) mass is 230 g/mol. The van der Waals surface area contributed by atoms with Gasteiger partial charge in [0.1, 0.15) is 0 Å². The van der Waals surface area contributed by atoms with E-state index in [4.69, 9.17) is 5.11 Å². The van der Waals surface area contributed by atoms with Crippen LogP contribution < -0.4 is 5.32 Å². The van der Waals surface area contributed by atoms with Gasteiger partial charge in [-0.05, 0) is 19.8 Å². The Morgan fingerprint density at radius 1 is 1.31 bits per heavy atom. The van der Waals surface area contributed by atoms with Crippen LogP contribution in [0.3, 0.4) is 0 Å². The molecule has 5 heteroatoms. The average molecular weight is 230 g/mol. The second-order valence-corrected chi connectivity index (χ2v) is 4.15. The van der Waals surface area contributed by atoms with Crippen molar-refractivity contribution in [2.24, 2.45) is 5.92 Å². The zero-order chi connectivity index (χ0) is 12.7. The first-order valence-corrected chi connectivity index (χ1v) is 5.66. The summed E-state index contributed by atoms with van der Waals surface area (Å²) in [5.41, 5.74) is 0. The molecule has 0 aliphatic rings. The minimum Gasteiger partial charge on any atom is -0.481 e. The largest absolute Gasteiger partial charge is 0.481 e. The van der Waals surface area contributed by atoms with Crippen molar-refractivity contribution in [3.8, 4) is 0 Å². The van der Waals surface area contributed by atoms with Crippen molar-refractivity contribution in [2.75, 3.05) is 13.1 Å². The first kappa shape index (κ1) is 14.7. The summed E-state index contributed by atoms with van der Waals surface area (Å²) in [5, 5.41) is 11.1. The van der Waals surface area contributed by atoms with Crippen molar-refractivity contribution in [1.82, 2.24) is 10.2 Å². The standard InChI is InChI=1S/C11H22N2O3/c1-5-13(9(4)8(2)3)11(16)12-7-6-10(14)15/h8-9H,5-7H2,1-4H3,(H,12,16)(H,14,15). The van der Waals surface area contributed by atoms with Gasteiger partial charge >= 0.3 is 12.0 Å². The number of aliphatic carboxylic acids is 1. The molecule has 0 fully saturated rings. The van der Waals surface area contributed by atoms with E-state index in [1.165, 1.54) is 0 Å². The second kappa shape index (κ2) is 7.09. The third kappa shape index (κ3) is 5.00. The van der Waals surface area contributed by atoms with E-state index in [1.807, 2.05) is 13.8 Å². The lowest BCUT2D eigenvalue weighted by Gasteiger charge is -2.30. The van der Waals surface area contributed by atoms with Gasteiger partial charge in [0.2, 0.25) is 0 Å². The number of nitrogens with zero attached hydrogens (tertiary/aromatic N) is 1. The van der Waals surface area contributed by atoms with E-state index in [2.05, 4.69) is 19.2 Å². The summed E-state index contributed by atoms with van der Waals surface area (Å²) in [6, 6.07) is -0.0419. The van der Waals surface area contributed by atoms with Crippen LogP contribution in [0.15, 0.2) is 0 Å². The first-order valence-electron chi connectivity index (χ1n) is 5.66. The molecule has 0 saturated heterocycles. The van der Waals surface area contributed by atoms with Crippen LogP contribution in [-0.4, -0.2) is 41.1 Å². The fourth-order valence-electron chi connectivity index (χ4n) is 1.35. The molecule has 2 N–H and O–H groups in total. The molecule has 0 bridgehead atoms. The number of carboxylic acids is 1. The van der Waals surface area contributed by atoms with Crippen molar-refractivity contribution in [3.05, 3.63) is 0 Å². The minimum absolute atomic E-state index is 0.0423. The summed E-state index contributed by atoms with van der Waals surface area (Å²) in [7, 11) is 0. The van der Waals surface area contributed by atoms with Crippen molar-refractivity contribution >= 4 is 12.0 Å². The number of carboxylic acid groups (broad SMARTS) is 1. The number of hydrogen-bond acceptors (Lipinski definition) is 2. The lowest BCUT2D eigenvalue weighted by molar-refractivity contribution is -0.136. The molecule has 0 aliphatic carbocycles. The molecular weight excluding hydrogens is 208 g/mol. The molecule has 1 atom stereocenters. The Labute approximate surface area is 96.8 Å². The van der Waals surface area contributed by atoms with Gasteiger partial charge < -0.3 is 15.3 Å². The molecule has 94 valence electrons. The normalized spacial score (nSPS) is 12.3. The molecule has 0 rings (SSSR count). The summed E-state index contributed by atoms with van der Waals surface area (Å²) in [4.78, 5) is 23.7. The van der Waals surface area contributed by atoms with Crippen molar-refractivity contribution in [1.29, 1.82) is 0 Å². The van der Waals surface area contributed by atoms with Gasteiger partial charge in [0.15, 0.2) is 0 Å². The molecular formula is C11H22N2O3. The van der Waals surface area contributed by atoms with Crippen LogP contribution >= 0.6 is 0 Å². The lowest BCUT2D eigenvalue weighted by Crippen LogP contribution is -2.47. The zero-order valence-electron chi connectivity index (χ0n) is 10.5. The van der Waals surface area contributed by atoms with E-state index in [9.17, 15) is 9.59 Å². The maximum atomic E-state index is 11.7. The molecule has 0 saturated carbocycles. The highest BCUT2D eigenvalue weighted by Crippen LogP contribution is 2.09. The summed E-state index contributed by atoms with van der Waals surface area (Å²) in [6.45, 7) is 8.81. The maximum absolute atomic E-state index is 11.7. The Hall–Kier alpha value is -1.26. The van der Waals surface area contributed by atoms with Gasteiger partial charge in [-0.3, -0.25) is 4.79 Å². The molecule has 0 aromatic rings. The van der Waals surface area contributed by atoms with Crippen LogP contribution in [0.25, 0.3) is 0 Å². The topological polar surface area (TPSA) is 69.6 Å². The van der Waals surface area contributed by atoms with Crippen LogP contribution in [0, 0.1) is 5.92 Å². The van der Waals surface area contributed by atoms with Crippen molar-refractivity contribution in [2.45, 2.75) is 40.2 Å². The maximum Gasteiger partial charge on any atom is 0.317 e. The van der Waals surface area contributed by atoms with E-state index in [0.717, 1.165) is 0 Å². The molecule has 1 unspecified atom stereocenters. The third-order valence-electron chi connectivity index (χ3n) is 2.67. The van der Waals surface area contributed by atoms with E-state index in [1.54, 1.807) is 4.90 Å². The predicted molar refractivity (Wildman–Crippen MR) is 62.3 cm³/mol. The fraction of sp³-hybridized carbons (Fsp3) is 0.818. The number of carbonyl (C=O) groups is 2. The highest BCUT2D eigenvalue weighted by Gasteiger charge is 2.20.